The van der Waals surface area contributed by atoms with Gasteiger partial charge in [0.15, 0.2) is 0 Å². The van der Waals surface area contributed by atoms with Crippen LogP contribution in [0, 0.1) is 0 Å². The molecule has 0 spiro atoms. The van der Waals surface area contributed by atoms with Gasteiger partial charge in [-0.15, -0.1) is 0 Å². The molecule has 0 heterocycles. The lowest BCUT2D eigenvalue weighted by Crippen LogP contribution is -2.44. The zero-order valence-corrected chi connectivity index (χ0v) is 15.7. The van der Waals surface area contributed by atoms with E-state index >= 15 is 0 Å². The predicted molar refractivity (Wildman–Crippen MR) is 101 cm³/mol. The Bertz CT molecular complexity index is 308. The fourth-order valence-corrected chi connectivity index (χ4v) is 2.97. The average Bonchev–Trinajstić information content (AvgIpc) is 2.53. The first kappa shape index (κ1) is 22.7. The summed E-state index contributed by atoms with van der Waals surface area (Å²) in [4.78, 5) is 22.8. The molecule has 0 atom stereocenters. The molecule has 24 heavy (non-hydrogen) atoms. The lowest BCUT2D eigenvalue weighted by Gasteiger charge is -2.15. The van der Waals surface area contributed by atoms with E-state index < -0.39 is 12.1 Å². The van der Waals surface area contributed by atoms with Gasteiger partial charge in [0.2, 0.25) is 0 Å². The molecule has 0 saturated heterocycles. The number of carbonyl (C=O) groups is 2. The quantitative estimate of drug-likeness (QED) is 0.372. The van der Waals surface area contributed by atoms with Gasteiger partial charge in [-0.2, -0.15) is 0 Å². The van der Waals surface area contributed by atoms with Gasteiger partial charge in [0.1, 0.15) is 0 Å². The maximum absolute atomic E-state index is 11.0. The van der Waals surface area contributed by atoms with E-state index in [1.807, 2.05) is 0 Å². The van der Waals surface area contributed by atoms with Crippen molar-refractivity contribution in [1.29, 1.82) is 0 Å². The summed E-state index contributed by atoms with van der Waals surface area (Å²) in [5, 5.41) is 0. The van der Waals surface area contributed by atoms with Crippen LogP contribution in [0.15, 0.2) is 0 Å². The Balaban J connectivity index is 3.23. The Hall–Kier alpha value is -1.26. The van der Waals surface area contributed by atoms with Gasteiger partial charge in [0, 0.05) is 6.54 Å². The Morgan fingerprint density at radius 1 is 0.583 bits per heavy atom. The van der Waals surface area contributed by atoms with Crippen molar-refractivity contribution in [2.45, 2.75) is 103 Å². The molecule has 0 aliphatic carbocycles. The van der Waals surface area contributed by atoms with Crippen molar-refractivity contribution in [2.75, 3.05) is 6.54 Å². The highest BCUT2D eigenvalue weighted by molar-refractivity contribution is 5.91. The minimum absolute atomic E-state index is 0.336. The maximum Gasteiger partial charge on any atom is 0.322 e. The molecule has 0 rings (SSSR count). The van der Waals surface area contributed by atoms with Crippen LogP contribution in [-0.2, 0) is 0 Å². The van der Waals surface area contributed by atoms with Gasteiger partial charge in [-0.05, 0) is 6.42 Å². The Morgan fingerprint density at radius 2 is 0.875 bits per heavy atom. The first-order valence-electron chi connectivity index (χ1n) is 9.96. The molecule has 0 saturated carbocycles. The van der Waals surface area contributed by atoms with Crippen LogP contribution < -0.4 is 11.5 Å². The zero-order valence-electron chi connectivity index (χ0n) is 15.7. The SMILES string of the molecule is CCCCCCCCCCCCCCCCCN(C(N)=O)C(N)=O. The van der Waals surface area contributed by atoms with E-state index in [0.29, 0.717) is 6.54 Å². The molecule has 0 radical (unpaired) electrons. The van der Waals surface area contributed by atoms with Gasteiger partial charge in [-0.3, -0.25) is 0 Å². The molecule has 0 aliphatic heterocycles. The second-order valence-electron chi connectivity index (χ2n) is 6.78. The van der Waals surface area contributed by atoms with Gasteiger partial charge >= 0.3 is 12.1 Å². The summed E-state index contributed by atoms with van der Waals surface area (Å²) < 4.78 is 0. The monoisotopic (exact) mass is 341 g/mol. The summed E-state index contributed by atoms with van der Waals surface area (Å²) in [5.41, 5.74) is 10.2. The molecular formula is C19H39N3O2. The van der Waals surface area contributed by atoms with E-state index in [2.05, 4.69) is 6.92 Å². The van der Waals surface area contributed by atoms with Crippen LogP contribution in [0.25, 0.3) is 0 Å². The Kier molecular flexibility index (Phi) is 15.7. The third-order valence-electron chi connectivity index (χ3n) is 4.52. The summed E-state index contributed by atoms with van der Waals surface area (Å²) in [6.07, 6.45) is 19.2. The number of hydrogen-bond donors (Lipinski definition) is 2. The first-order valence-corrected chi connectivity index (χ1v) is 9.96. The van der Waals surface area contributed by atoms with Crippen LogP contribution in [0.4, 0.5) is 9.59 Å². The van der Waals surface area contributed by atoms with E-state index in [1.54, 1.807) is 0 Å². The second kappa shape index (κ2) is 16.6. The van der Waals surface area contributed by atoms with Crippen molar-refractivity contribution in [2.24, 2.45) is 11.5 Å². The van der Waals surface area contributed by atoms with Crippen molar-refractivity contribution < 1.29 is 9.59 Å². The third-order valence-corrected chi connectivity index (χ3v) is 4.52. The lowest BCUT2D eigenvalue weighted by atomic mass is 10.0. The zero-order chi connectivity index (χ0) is 18.0. The topological polar surface area (TPSA) is 89.4 Å². The summed E-state index contributed by atoms with van der Waals surface area (Å²) in [7, 11) is 0. The number of unbranched alkanes of at least 4 members (excludes halogenated alkanes) is 14. The smallest absolute Gasteiger partial charge is 0.322 e. The number of primary amides is 2. The molecule has 4 amide bonds. The summed E-state index contributed by atoms with van der Waals surface area (Å²) in [6.45, 7) is 2.60. The van der Waals surface area contributed by atoms with Crippen LogP contribution in [0.1, 0.15) is 103 Å². The lowest BCUT2D eigenvalue weighted by molar-refractivity contribution is 0.196. The average molecular weight is 342 g/mol. The normalized spacial score (nSPS) is 10.7. The van der Waals surface area contributed by atoms with Gasteiger partial charge < -0.3 is 11.5 Å². The van der Waals surface area contributed by atoms with Crippen molar-refractivity contribution in [3.05, 3.63) is 0 Å². The van der Waals surface area contributed by atoms with Gasteiger partial charge in [0.25, 0.3) is 0 Å². The summed E-state index contributed by atoms with van der Waals surface area (Å²) in [6, 6.07) is -1.51. The first-order chi connectivity index (χ1) is 11.6. The second-order valence-corrected chi connectivity index (χ2v) is 6.78. The fourth-order valence-electron chi connectivity index (χ4n) is 2.97. The highest BCUT2D eigenvalue weighted by atomic mass is 16.2. The van der Waals surface area contributed by atoms with Crippen molar-refractivity contribution in [3.8, 4) is 0 Å². The summed E-state index contributed by atoms with van der Waals surface area (Å²) in [5.74, 6) is 0. The molecule has 4 N–H and O–H groups in total. The highest BCUT2D eigenvalue weighted by Gasteiger charge is 2.14. The molecule has 0 aromatic rings. The van der Waals surface area contributed by atoms with E-state index in [1.165, 1.54) is 77.0 Å². The Morgan fingerprint density at radius 3 is 1.17 bits per heavy atom. The number of amides is 4. The molecule has 0 aliphatic rings. The van der Waals surface area contributed by atoms with Crippen LogP contribution >= 0.6 is 0 Å². The molecular weight excluding hydrogens is 302 g/mol. The van der Waals surface area contributed by atoms with Crippen LogP contribution in [0.2, 0.25) is 0 Å². The third kappa shape index (κ3) is 14.3. The predicted octanol–water partition coefficient (Wildman–Crippen LogP) is 5.32. The highest BCUT2D eigenvalue weighted by Crippen LogP contribution is 2.13. The fraction of sp³-hybridized carbons (Fsp3) is 0.895. The van der Waals surface area contributed by atoms with Crippen LogP contribution in [0.3, 0.4) is 0 Å². The van der Waals surface area contributed by atoms with Crippen molar-refractivity contribution in [3.63, 3.8) is 0 Å². The molecule has 0 fully saturated rings. The van der Waals surface area contributed by atoms with E-state index in [4.69, 9.17) is 11.5 Å². The molecule has 0 bridgehead atoms. The molecule has 0 aromatic heterocycles. The number of hydrogen-bond acceptors (Lipinski definition) is 2. The minimum atomic E-state index is -0.757. The molecule has 142 valence electrons. The maximum atomic E-state index is 11.0. The molecule has 5 heteroatoms. The van der Waals surface area contributed by atoms with Crippen LogP contribution in [-0.4, -0.2) is 23.5 Å². The van der Waals surface area contributed by atoms with Crippen molar-refractivity contribution in [1.82, 2.24) is 4.90 Å². The van der Waals surface area contributed by atoms with Gasteiger partial charge in [-0.25, -0.2) is 14.5 Å². The van der Waals surface area contributed by atoms with E-state index in [-0.39, 0.29) is 0 Å². The number of imide groups is 1. The van der Waals surface area contributed by atoms with E-state index in [0.717, 1.165) is 24.2 Å². The minimum Gasteiger partial charge on any atom is -0.351 e. The number of urea groups is 2. The number of carbonyl (C=O) groups excluding carboxylic acids is 2. The van der Waals surface area contributed by atoms with E-state index in [9.17, 15) is 9.59 Å². The largest absolute Gasteiger partial charge is 0.351 e. The molecule has 0 unspecified atom stereocenters. The number of nitrogens with two attached hydrogens (primary N) is 2. The Labute approximate surface area is 148 Å². The van der Waals surface area contributed by atoms with Crippen molar-refractivity contribution >= 4 is 12.1 Å². The van der Waals surface area contributed by atoms with Gasteiger partial charge in [0.05, 0.1) is 0 Å². The standard InChI is InChI=1S/C19H39N3O2/c1-2-3-4-5-6-7-8-9-10-11-12-13-14-15-16-17-22(18(20)23)19(21)24/h2-17H2,1H3,(H2,20,23)(H2,21,24). The number of rotatable bonds is 16. The van der Waals surface area contributed by atoms with Crippen LogP contribution in [0.5, 0.6) is 0 Å². The number of nitrogens with zero attached hydrogens (tertiary/aromatic N) is 1. The van der Waals surface area contributed by atoms with Gasteiger partial charge in [-0.1, -0.05) is 96.8 Å². The molecule has 0 aromatic carbocycles. The molecule has 5 nitrogen and oxygen atoms in total. The summed E-state index contributed by atoms with van der Waals surface area (Å²) >= 11 is 0.